The number of carbonyl (C=O) groups is 2. The highest BCUT2D eigenvalue weighted by molar-refractivity contribution is 7.86. The van der Waals surface area contributed by atoms with Crippen LogP contribution in [0.1, 0.15) is 51.9 Å². The van der Waals surface area contributed by atoms with Gasteiger partial charge in [-0.15, -0.1) is 0 Å². The summed E-state index contributed by atoms with van der Waals surface area (Å²) >= 11 is 0. The van der Waals surface area contributed by atoms with Crippen LogP contribution in [0.25, 0.3) is 0 Å². The van der Waals surface area contributed by atoms with Crippen molar-refractivity contribution in [3.05, 3.63) is 0 Å². The van der Waals surface area contributed by atoms with E-state index in [1.165, 1.54) is 4.90 Å². The van der Waals surface area contributed by atoms with Gasteiger partial charge in [0.05, 0.1) is 12.5 Å². The van der Waals surface area contributed by atoms with E-state index in [1.807, 2.05) is 6.92 Å². The Bertz CT molecular complexity index is 721. The van der Waals surface area contributed by atoms with Crippen LogP contribution in [0.15, 0.2) is 0 Å². The standard InChI is InChI=1S/C20H34N4O4S/c1-2-24-19(25)15-18(20(24)26)21-11-5-16(6-12-21)17-7-13-23(14-8-17)29(27,28)22-9-3-4-10-22/h16-18H,2-15H2,1H3/t18-/m1/s1. The average molecular weight is 427 g/mol. The molecule has 0 aromatic carbocycles. The number of rotatable bonds is 5. The minimum Gasteiger partial charge on any atom is -0.292 e. The maximum atomic E-state index is 12.8. The zero-order valence-electron chi connectivity index (χ0n) is 17.5. The van der Waals surface area contributed by atoms with Crippen LogP contribution >= 0.6 is 0 Å². The van der Waals surface area contributed by atoms with E-state index in [4.69, 9.17) is 0 Å². The minimum absolute atomic E-state index is 0.0311. The summed E-state index contributed by atoms with van der Waals surface area (Å²) in [6.07, 6.45) is 6.20. The van der Waals surface area contributed by atoms with E-state index in [2.05, 4.69) is 4.90 Å². The van der Waals surface area contributed by atoms with E-state index in [0.717, 1.165) is 51.6 Å². The third-order valence-corrected chi connectivity index (χ3v) is 9.47. The van der Waals surface area contributed by atoms with Crippen LogP contribution in [0, 0.1) is 11.8 Å². The molecule has 0 N–H and O–H groups in total. The molecular weight excluding hydrogens is 392 g/mol. The van der Waals surface area contributed by atoms with Crippen LogP contribution in [0.3, 0.4) is 0 Å². The second-order valence-corrected chi connectivity index (χ2v) is 10.8. The molecule has 0 spiro atoms. The lowest BCUT2D eigenvalue weighted by atomic mass is 9.79. The summed E-state index contributed by atoms with van der Waals surface area (Å²) in [4.78, 5) is 28.1. The van der Waals surface area contributed by atoms with Gasteiger partial charge in [-0.25, -0.2) is 0 Å². The molecule has 1 atom stereocenters. The highest BCUT2D eigenvalue weighted by atomic mass is 32.2. The van der Waals surface area contributed by atoms with Gasteiger partial charge in [0.1, 0.15) is 0 Å². The predicted octanol–water partition coefficient (Wildman–Crippen LogP) is 0.898. The van der Waals surface area contributed by atoms with E-state index < -0.39 is 10.2 Å². The van der Waals surface area contributed by atoms with Gasteiger partial charge in [0.2, 0.25) is 11.8 Å². The van der Waals surface area contributed by atoms with Gasteiger partial charge in [0.25, 0.3) is 10.2 Å². The smallest absolute Gasteiger partial charge is 0.281 e. The van der Waals surface area contributed by atoms with Crippen molar-refractivity contribution in [3.8, 4) is 0 Å². The third kappa shape index (κ3) is 4.11. The van der Waals surface area contributed by atoms with Gasteiger partial charge < -0.3 is 0 Å². The highest BCUT2D eigenvalue weighted by Crippen LogP contribution is 2.35. The molecule has 0 bridgehead atoms. The van der Waals surface area contributed by atoms with Crippen LogP contribution in [0.2, 0.25) is 0 Å². The quantitative estimate of drug-likeness (QED) is 0.610. The van der Waals surface area contributed by atoms with E-state index in [0.29, 0.717) is 51.0 Å². The number of hydrogen-bond donors (Lipinski definition) is 0. The number of imide groups is 1. The first-order valence-corrected chi connectivity index (χ1v) is 12.6. The number of piperidine rings is 2. The Morgan fingerprint density at radius 2 is 1.34 bits per heavy atom. The molecule has 0 aliphatic carbocycles. The van der Waals surface area contributed by atoms with Gasteiger partial charge >= 0.3 is 0 Å². The van der Waals surface area contributed by atoms with Crippen molar-refractivity contribution in [1.29, 1.82) is 0 Å². The SMILES string of the molecule is CCN1C(=O)C[C@@H](N2CCC(C3CCN(S(=O)(=O)N4CCCC4)CC3)CC2)C1=O. The van der Waals surface area contributed by atoms with Crippen molar-refractivity contribution in [1.82, 2.24) is 18.4 Å². The first-order valence-electron chi connectivity index (χ1n) is 11.2. The lowest BCUT2D eigenvalue weighted by Crippen LogP contribution is -2.49. The Hall–Kier alpha value is -1.03. The molecule has 0 saturated carbocycles. The fraction of sp³-hybridized carbons (Fsp3) is 0.900. The summed E-state index contributed by atoms with van der Waals surface area (Å²) in [5.41, 5.74) is 0. The van der Waals surface area contributed by atoms with Gasteiger partial charge in [0.15, 0.2) is 0 Å². The molecule has 29 heavy (non-hydrogen) atoms. The van der Waals surface area contributed by atoms with E-state index in [-0.39, 0.29) is 17.9 Å². The van der Waals surface area contributed by atoms with Crippen LogP contribution < -0.4 is 0 Å². The maximum absolute atomic E-state index is 12.8. The van der Waals surface area contributed by atoms with Crippen LogP contribution in [0.5, 0.6) is 0 Å². The third-order valence-electron chi connectivity index (χ3n) is 7.43. The molecular formula is C20H34N4O4S. The fourth-order valence-corrected chi connectivity index (χ4v) is 7.36. The van der Waals surface area contributed by atoms with Crippen molar-refractivity contribution in [3.63, 3.8) is 0 Å². The topological polar surface area (TPSA) is 81.2 Å². The van der Waals surface area contributed by atoms with Crippen molar-refractivity contribution in [2.45, 2.75) is 57.9 Å². The molecule has 4 heterocycles. The first kappa shape index (κ1) is 21.2. The summed E-state index contributed by atoms with van der Waals surface area (Å²) < 4.78 is 28.8. The Morgan fingerprint density at radius 1 is 0.828 bits per heavy atom. The molecule has 0 aromatic rings. The zero-order valence-corrected chi connectivity index (χ0v) is 18.3. The largest absolute Gasteiger partial charge is 0.292 e. The number of carbonyl (C=O) groups excluding carboxylic acids is 2. The fourth-order valence-electron chi connectivity index (χ4n) is 5.65. The second kappa shape index (κ2) is 8.61. The number of likely N-dealkylation sites (N-methyl/N-ethyl adjacent to an activating group) is 1. The van der Waals surface area contributed by atoms with Gasteiger partial charge in [-0.05, 0) is 70.4 Å². The molecule has 0 unspecified atom stereocenters. The molecule has 8 nitrogen and oxygen atoms in total. The molecule has 4 rings (SSSR count). The van der Waals surface area contributed by atoms with Crippen LogP contribution in [-0.4, -0.2) is 90.5 Å². The molecule has 0 radical (unpaired) electrons. The molecule has 9 heteroatoms. The van der Waals surface area contributed by atoms with E-state index >= 15 is 0 Å². The number of amides is 2. The van der Waals surface area contributed by atoms with E-state index in [1.54, 1.807) is 8.61 Å². The predicted molar refractivity (Wildman–Crippen MR) is 109 cm³/mol. The lowest BCUT2D eigenvalue weighted by molar-refractivity contribution is -0.139. The molecule has 164 valence electrons. The number of likely N-dealkylation sites (tertiary alicyclic amines) is 2. The van der Waals surface area contributed by atoms with Crippen molar-refractivity contribution < 1.29 is 18.0 Å². The Kier molecular flexibility index (Phi) is 6.30. The van der Waals surface area contributed by atoms with Crippen molar-refractivity contribution in [2.75, 3.05) is 45.8 Å². The molecule has 0 aromatic heterocycles. The van der Waals surface area contributed by atoms with E-state index in [9.17, 15) is 18.0 Å². The zero-order chi connectivity index (χ0) is 20.6. The van der Waals surface area contributed by atoms with Gasteiger partial charge in [-0.3, -0.25) is 19.4 Å². The van der Waals surface area contributed by atoms with Crippen LogP contribution in [-0.2, 0) is 19.8 Å². The van der Waals surface area contributed by atoms with Crippen molar-refractivity contribution >= 4 is 22.0 Å². The second-order valence-electron chi connectivity index (χ2n) is 8.92. The summed E-state index contributed by atoms with van der Waals surface area (Å²) in [7, 11) is -3.27. The Morgan fingerprint density at radius 3 is 1.86 bits per heavy atom. The van der Waals surface area contributed by atoms with Gasteiger partial charge in [-0.2, -0.15) is 17.0 Å². The number of hydrogen-bond acceptors (Lipinski definition) is 5. The summed E-state index contributed by atoms with van der Waals surface area (Å²) in [5, 5.41) is 0. The first-order chi connectivity index (χ1) is 13.9. The van der Waals surface area contributed by atoms with Crippen LogP contribution in [0.4, 0.5) is 0 Å². The molecule has 4 fully saturated rings. The summed E-state index contributed by atoms with van der Waals surface area (Å²) in [5.74, 6) is 1.08. The highest BCUT2D eigenvalue weighted by Gasteiger charge is 2.43. The average Bonchev–Trinajstić information content (AvgIpc) is 3.37. The Balaban J connectivity index is 1.26. The monoisotopic (exact) mass is 426 g/mol. The summed E-state index contributed by atoms with van der Waals surface area (Å²) in [6.45, 7) is 6.62. The van der Waals surface area contributed by atoms with Crippen molar-refractivity contribution in [2.24, 2.45) is 11.8 Å². The summed E-state index contributed by atoms with van der Waals surface area (Å²) in [6, 6.07) is -0.268. The molecule has 2 amide bonds. The van der Waals surface area contributed by atoms with Gasteiger partial charge in [-0.1, -0.05) is 0 Å². The molecule has 4 saturated heterocycles. The normalized spacial score (nSPS) is 30.0. The maximum Gasteiger partial charge on any atom is 0.281 e. The van der Waals surface area contributed by atoms with Gasteiger partial charge in [0, 0.05) is 32.7 Å². The molecule has 4 aliphatic rings. The minimum atomic E-state index is -3.27. The Labute approximate surface area is 174 Å². The molecule has 4 aliphatic heterocycles. The number of nitrogens with zero attached hydrogens (tertiary/aromatic N) is 4. The lowest BCUT2D eigenvalue weighted by Gasteiger charge is -2.41.